The van der Waals surface area contributed by atoms with Crippen LogP contribution in [0.15, 0.2) is 0 Å². The van der Waals surface area contributed by atoms with Crippen LogP contribution in [0.1, 0.15) is 0 Å². The molecule has 0 spiro atoms. The normalized spacial score (nSPS) is 0. The summed E-state index contributed by atoms with van der Waals surface area (Å²) in [5.41, 5.74) is 0. The van der Waals surface area contributed by atoms with Gasteiger partial charge in [0.25, 0.3) is 0 Å². The van der Waals surface area contributed by atoms with E-state index < -0.39 is 0 Å². The topological polar surface area (TPSA) is 31.5 Å². The summed E-state index contributed by atoms with van der Waals surface area (Å²) < 4.78 is 0. The molecule has 0 aromatic carbocycles. The van der Waals surface area contributed by atoms with E-state index in [-0.39, 0.29) is 47.4 Å². The van der Waals surface area contributed by atoms with Gasteiger partial charge in [-0.1, -0.05) is 0 Å². The molecule has 0 amide bonds. The van der Waals surface area contributed by atoms with Gasteiger partial charge in [0, 0.05) is 0 Å². The van der Waals surface area contributed by atoms with Crippen molar-refractivity contribution < 1.29 is 47.4 Å². The van der Waals surface area contributed by atoms with Gasteiger partial charge in [0.2, 0.25) is 0 Å². The van der Waals surface area contributed by atoms with Crippen molar-refractivity contribution in [3.63, 3.8) is 0 Å². The number of hydrogen-bond donors (Lipinski definition) is 0. The van der Waals surface area contributed by atoms with Crippen molar-refractivity contribution >= 4 is 0 Å². The quantitative estimate of drug-likeness (QED) is 0.302. The second-order valence-corrected chi connectivity index (χ2v) is 0. The summed E-state index contributed by atoms with van der Waals surface area (Å²) in [6.07, 6.45) is 0. The van der Waals surface area contributed by atoms with Crippen molar-refractivity contribution in [2.75, 3.05) is 0 Å². The Balaban J connectivity index is 0. The van der Waals surface area contributed by atoms with Crippen LogP contribution in [0, 0.1) is 0 Å². The molecule has 0 aliphatic heterocycles. The van der Waals surface area contributed by atoms with Gasteiger partial charge in [-0.25, -0.2) is 0 Å². The predicted molar refractivity (Wildman–Crippen MR) is 3.61 cm³/mol. The largest absolute Gasteiger partial charge is 2.00 e. The van der Waals surface area contributed by atoms with Crippen molar-refractivity contribution in [3.8, 4) is 0 Å². The number of rotatable bonds is 0. The second kappa shape index (κ2) is 33.9. The van der Waals surface area contributed by atoms with Gasteiger partial charge in [0.1, 0.15) is 0 Å². The molecule has 0 aromatic heterocycles. The van der Waals surface area contributed by atoms with Crippen molar-refractivity contribution in [1.29, 1.82) is 0 Å². The Bertz CT molecular complexity index is 6.00. The standard InChI is InChI=1S/2ClH.Mn.H2O/h2*1H;;1H2/q;;+2;/p-2. The first-order valence-electron chi connectivity index (χ1n) is 0. The summed E-state index contributed by atoms with van der Waals surface area (Å²) in [6, 6.07) is 0. The molecule has 0 fully saturated rings. The Morgan fingerprint density at radius 2 is 0.750 bits per heavy atom. The van der Waals surface area contributed by atoms with Gasteiger partial charge in [-0.05, 0) is 0 Å². The molecule has 0 aromatic rings. The maximum absolute atomic E-state index is 0. The van der Waals surface area contributed by atoms with Crippen LogP contribution in [0.3, 0.4) is 0 Å². The fourth-order valence-corrected chi connectivity index (χ4v) is 0. The molecule has 0 heterocycles. The third-order valence-corrected chi connectivity index (χ3v) is 0. The maximum Gasteiger partial charge on any atom is 2.00 e. The van der Waals surface area contributed by atoms with Crippen molar-refractivity contribution in [1.82, 2.24) is 0 Å². The van der Waals surface area contributed by atoms with E-state index in [1.54, 1.807) is 0 Å². The molecule has 4 heteroatoms. The average Bonchev–Trinajstić information content (AvgIpc) is 0. The summed E-state index contributed by atoms with van der Waals surface area (Å²) in [5, 5.41) is 0. The van der Waals surface area contributed by atoms with Gasteiger partial charge < -0.3 is 30.3 Å². The minimum Gasteiger partial charge on any atom is -1.00 e. The zero-order chi connectivity index (χ0) is 0. The Labute approximate surface area is 47.8 Å². The summed E-state index contributed by atoms with van der Waals surface area (Å²) >= 11 is 0. The molecule has 0 bridgehead atoms. The Morgan fingerprint density at radius 1 is 0.750 bits per heavy atom. The fourth-order valence-electron chi connectivity index (χ4n) is 0. The Kier molecular flexibility index (Phi) is 629. The van der Waals surface area contributed by atoms with E-state index in [9.17, 15) is 0 Å². The first kappa shape index (κ1) is 74.3. The molecule has 1 radical (unpaired) electrons. The van der Waals surface area contributed by atoms with Gasteiger partial charge in [-0.15, -0.1) is 0 Å². The van der Waals surface area contributed by atoms with E-state index in [4.69, 9.17) is 0 Å². The van der Waals surface area contributed by atoms with E-state index in [2.05, 4.69) is 0 Å². The van der Waals surface area contributed by atoms with Gasteiger partial charge in [-0.2, -0.15) is 0 Å². The molecule has 0 aliphatic rings. The van der Waals surface area contributed by atoms with Crippen molar-refractivity contribution in [2.45, 2.75) is 0 Å². The molecule has 0 saturated heterocycles. The molecule has 0 saturated carbocycles. The fraction of sp³-hybridized carbons (Fsp3) is 0. The summed E-state index contributed by atoms with van der Waals surface area (Å²) in [6.45, 7) is 0. The molecule has 0 rings (SSSR count). The van der Waals surface area contributed by atoms with Gasteiger partial charge in [0.15, 0.2) is 0 Å². The van der Waals surface area contributed by atoms with E-state index >= 15 is 0 Å². The van der Waals surface area contributed by atoms with E-state index in [1.165, 1.54) is 0 Å². The monoisotopic (exact) mass is 143 g/mol. The number of halogens is 2. The van der Waals surface area contributed by atoms with Crippen LogP contribution in [0.25, 0.3) is 0 Å². The third-order valence-electron chi connectivity index (χ3n) is 0. The molecule has 1 nitrogen and oxygen atoms in total. The Hall–Kier alpha value is 1.06. The van der Waals surface area contributed by atoms with E-state index in [1.807, 2.05) is 0 Å². The zero-order valence-corrected chi connectivity index (χ0v) is 4.33. The SMILES string of the molecule is O.[Cl-].[Cl-].[Mn+2]. The molecule has 4 heavy (non-hydrogen) atoms. The molecular formula is H2Cl2MnO. The van der Waals surface area contributed by atoms with Crippen LogP contribution in [0.2, 0.25) is 0 Å². The minimum atomic E-state index is 0. The second-order valence-electron chi connectivity index (χ2n) is 0. The molecule has 0 aliphatic carbocycles. The Morgan fingerprint density at radius 3 is 0.750 bits per heavy atom. The molecule has 0 unspecified atom stereocenters. The van der Waals surface area contributed by atoms with Crippen LogP contribution in [-0.2, 0) is 17.1 Å². The third kappa shape index (κ3) is 11.6. The van der Waals surface area contributed by atoms with Crippen LogP contribution in [-0.4, -0.2) is 5.48 Å². The van der Waals surface area contributed by atoms with E-state index in [0.29, 0.717) is 0 Å². The first-order chi connectivity index (χ1) is 0. The van der Waals surface area contributed by atoms with E-state index in [0.717, 1.165) is 0 Å². The van der Waals surface area contributed by atoms with Crippen LogP contribution < -0.4 is 24.8 Å². The predicted octanol–water partition coefficient (Wildman–Crippen LogP) is -6.82. The van der Waals surface area contributed by atoms with Gasteiger partial charge in [-0.3, -0.25) is 0 Å². The maximum atomic E-state index is 0. The first-order valence-corrected chi connectivity index (χ1v) is 0. The van der Waals surface area contributed by atoms with Crippen molar-refractivity contribution in [3.05, 3.63) is 0 Å². The smallest absolute Gasteiger partial charge is 1.00 e. The average molecular weight is 144 g/mol. The van der Waals surface area contributed by atoms with Crippen LogP contribution >= 0.6 is 0 Å². The molecule has 0 atom stereocenters. The van der Waals surface area contributed by atoms with Crippen molar-refractivity contribution in [2.24, 2.45) is 0 Å². The minimum absolute atomic E-state index is 0. The number of hydrogen-bond acceptors (Lipinski definition) is 0. The van der Waals surface area contributed by atoms with Gasteiger partial charge in [0.05, 0.1) is 0 Å². The van der Waals surface area contributed by atoms with Gasteiger partial charge >= 0.3 is 17.1 Å². The molecule has 2 N–H and O–H groups in total. The summed E-state index contributed by atoms with van der Waals surface area (Å²) in [4.78, 5) is 0. The summed E-state index contributed by atoms with van der Waals surface area (Å²) in [5.74, 6) is 0. The molecular weight excluding hydrogens is 142 g/mol. The van der Waals surface area contributed by atoms with Crippen LogP contribution in [0.4, 0.5) is 0 Å². The molecule has 29 valence electrons. The summed E-state index contributed by atoms with van der Waals surface area (Å²) in [7, 11) is 0. The van der Waals surface area contributed by atoms with Crippen LogP contribution in [0.5, 0.6) is 0 Å². The zero-order valence-electron chi connectivity index (χ0n) is 1.63.